The predicted octanol–water partition coefficient (Wildman–Crippen LogP) is 3.81. The molecule has 0 radical (unpaired) electrons. The van der Waals surface area contributed by atoms with Crippen molar-refractivity contribution in [2.75, 3.05) is 11.9 Å². The maximum Gasteiger partial charge on any atom is 0.339 e. The summed E-state index contributed by atoms with van der Waals surface area (Å²) in [7, 11) is 0. The molecule has 1 aromatic heterocycles. The van der Waals surface area contributed by atoms with Crippen LogP contribution in [0.25, 0.3) is 0 Å². The number of nitrogens with zero attached hydrogens (tertiary/aromatic N) is 1. The van der Waals surface area contributed by atoms with Gasteiger partial charge in [0, 0.05) is 10.6 Å². The zero-order chi connectivity index (χ0) is 22.2. The zero-order valence-corrected chi connectivity index (χ0v) is 17.8. The Kier molecular flexibility index (Phi) is 7.43. The summed E-state index contributed by atoms with van der Waals surface area (Å²) in [6, 6.07) is 17.8. The van der Waals surface area contributed by atoms with Gasteiger partial charge >= 0.3 is 5.97 Å². The van der Waals surface area contributed by atoms with Crippen molar-refractivity contribution >= 4 is 45.9 Å². The van der Waals surface area contributed by atoms with Crippen LogP contribution in [0.3, 0.4) is 0 Å². The van der Waals surface area contributed by atoms with Crippen LogP contribution in [0.2, 0.25) is 0 Å². The first-order valence-corrected chi connectivity index (χ1v) is 10.9. The average molecular weight is 452 g/mol. The predicted molar refractivity (Wildman–Crippen MR) is 119 cm³/mol. The molecule has 0 aliphatic rings. The number of esters is 1. The molecule has 0 atom stereocenters. The van der Waals surface area contributed by atoms with Crippen molar-refractivity contribution in [3.8, 4) is 6.07 Å². The van der Waals surface area contributed by atoms with Crippen LogP contribution in [-0.2, 0) is 15.3 Å². The van der Waals surface area contributed by atoms with Crippen molar-refractivity contribution in [3.05, 3.63) is 82.2 Å². The van der Waals surface area contributed by atoms with E-state index in [1.54, 1.807) is 35.7 Å². The summed E-state index contributed by atoms with van der Waals surface area (Å²) in [5, 5.41) is 13.3. The maximum atomic E-state index is 12.5. The Morgan fingerprint density at radius 1 is 1.06 bits per heavy atom. The van der Waals surface area contributed by atoms with Crippen molar-refractivity contribution < 1.29 is 19.1 Å². The summed E-state index contributed by atoms with van der Waals surface area (Å²) in [6.07, 6.45) is 0. The van der Waals surface area contributed by atoms with Crippen molar-refractivity contribution in [1.82, 2.24) is 0 Å². The number of primary amides is 1. The van der Waals surface area contributed by atoms with E-state index < -0.39 is 24.4 Å². The second-order valence-corrected chi connectivity index (χ2v) is 8.18. The van der Waals surface area contributed by atoms with Crippen LogP contribution < -0.4 is 11.1 Å². The van der Waals surface area contributed by atoms with Gasteiger partial charge in [0.15, 0.2) is 6.61 Å². The van der Waals surface area contributed by atoms with Gasteiger partial charge in [-0.1, -0.05) is 24.3 Å². The highest BCUT2D eigenvalue weighted by Crippen LogP contribution is 2.27. The monoisotopic (exact) mass is 451 g/mol. The second kappa shape index (κ2) is 10.4. The van der Waals surface area contributed by atoms with E-state index in [0.717, 1.165) is 16.9 Å². The number of benzene rings is 2. The minimum Gasteiger partial charge on any atom is -0.452 e. The highest BCUT2D eigenvalue weighted by atomic mass is 32.2. The zero-order valence-electron chi connectivity index (χ0n) is 16.2. The Hall–Kier alpha value is -3.61. The Bertz CT molecular complexity index is 1150. The number of hydrogen-bond donors (Lipinski definition) is 2. The van der Waals surface area contributed by atoms with Gasteiger partial charge in [-0.2, -0.15) is 5.26 Å². The Labute approximate surface area is 186 Å². The molecule has 0 unspecified atom stereocenters. The molecular weight excluding hydrogens is 434 g/mol. The topological polar surface area (TPSA) is 122 Å². The standard InChI is InChI=1S/C22H17N3O4S2/c23-11-14-5-7-15(8-6-14)13-31-18-4-2-1-3-16(18)22(28)29-12-19(26)25-21-17(20(24)27)9-10-30-21/h1-10H,12-13H2,(H2,24,27)(H,25,26). The summed E-state index contributed by atoms with van der Waals surface area (Å²) in [5.41, 5.74) is 7.39. The summed E-state index contributed by atoms with van der Waals surface area (Å²) in [6.45, 7) is -0.496. The molecule has 0 bridgehead atoms. The molecule has 0 spiro atoms. The summed E-state index contributed by atoms with van der Waals surface area (Å²) < 4.78 is 5.15. The van der Waals surface area contributed by atoms with Crippen molar-refractivity contribution in [2.24, 2.45) is 5.73 Å². The highest BCUT2D eigenvalue weighted by Gasteiger charge is 2.17. The van der Waals surface area contributed by atoms with Crippen LogP contribution in [0.1, 0.15) is 31.8 Å². The number of nitrogens with one attached hydrogen (secondary N) is 1. The number of thiophene rings is 1. The van der Waals surface area contributed by atoms with Gasteiger partial charge in [-0.25, -0.2) is 4.79 Å². The molecule has 0 saturated carbocycles. The molecule has 0 aliphatic carbocycles. The number of rotatable bonds is 8. The van der Waals surface area contributed by atoms with Crippen LogP contribution in [0.15, 0.2) is 64.9 Å². The van der Waals surface area contributed by atoms with Crippen molar-refractivity contribution in [2.45, 2.75) is 10.6 Å². The number of nitriles is 1. The fourth-order valence-electron chi connectivity index (χ4n) is 2.57. The first-order chi connectivity index (χ1) is 15.0. The van der Waals surface area contributed by atoms with Gasteiger partial charge in [0.05, 0.1) is 22.8 Å². The van der Waals surface area contributed by atoms with Gasteiger partial charge in [-0.3, -0.25) is 9.59 Å². The lowest BCUT2D eigenvalue weighted by atomic mass is 10.2. The molecule has 0 fully saturated rings. The summed E-state index contributed by atoms with van der Waals surface area (Å²) in [4.78, 5) is 36.7. The molecule has 2 amide bonds. The SMILES string of the molecule is N#Cc1ccc(CSc2ccccc2C(=O)OCC(=O)Nc2sccc2C(N)=O)cc1. The van der Waals surface area contributed by atoms with Gasteiger partial charge < -0.3 is 15.8 Å². The second-order valence-electron chi connectivity index (χ2n) is 6.25. The minimum atomic E-state index is -0.651. The number of hydrogen-bond acceptors (Lipinski definition) is 7. The average Bonchev–Trinajstić information content (AvgIpc) is 3.25. The Balaban J connectivity index is 1.59. The largest absolute Gasteiger partial charge is 0.452 e. The van der Waals surface area contributed by atoms with E-state index in [4.69, 9.17) is 15.7 Å². The number of carbonyl (C=O) groups excluding carboxylic acids is 3. The molecule has 31 heavy (non-hydrogen) atoms. The lowest BCUT2D eigenvalue weighted by Gasteiger charge is -2.10. The third-order valence-corrected chi connectivity index (χ3v) is 6.08. The van der Waals surface area contributed by atoms with E-state index in [9.17, 15) is 14.4 Å². The van der Waals surface area contributed by atoms with Crippen LogP contribution >= 0.6 is 23.1 Å². The van der Waals surface area contributed by atoms with Gasteiger partial charge in [-0.15, -0.1) is 23.1 Å². The molecule has 2 aromatic carbocycles. The van der Waals surface area contributed by atoms with Gasteiger partial charge in [0.2, 0.25) is 0 Å². The number of nitrogens with two attached hydrogens (primary N) is 1. The van der Waals surface area contributed by atoms with Gasteiger partial charge in [0.1, 0.15) is 5.00 Å². The fraction of sp³-hybridized carbons (Fsp3) is 0.0909. The van der Waals surface area contributed by atoms with Crippen LogP contribution in [-0.4, -0.2) is 24.4 Å². The molecule has 0 saturated heterocycles. The van der Waals surface area contributed by atoms with Crippen LogP contribution in [0.5, 0.6) is 0 Å². The van der Waals surface area contributed by atoms with Crippen molar-refractivity contribution in [3.63, 3.8) is 0 Å². The molecule has 3 rings (SSSR count). The van der Waals surface area contributed by atoms with E-state index in [0.29, 0.717) is 26.8 Å². The number of thioether (sulfide) groups is 1. The van der Waals surface area contributed by atoms with Crippen LogP contribution in [0, 0.1) is 11.3 Å². The van der Waals surface area contributed by atoms with Crippen molar-refractivity contribution in [1.29, 1.82) is 5.26 Å². The number of ether oxygens (including phenoxy) is 1. The first-order valence-electron chi connectivity index (χ1n) is 9.03. The number of amides is 2. The van der Waals surface area contributed by atoms with Gasteiger partial charge in [0.25, 0.3) is 11.8 Å². The maximum absolute atomic E-state index is 12.5. The van der Waals surface area contributed by atoms with E-state index in [2.05, 4.69) is 11.4 Å². The Morgan fingerprint density at radius 2 is 1.81 bits per heavy atom. The third-order valence-electron chi connectivity index (χ3n) is 4.10. The van der Waals surface area contributed by atoms with E-state index >= 15 is 0 Å². The lowest BCUT2D eigenvalue weighted by molar-refractivity contribution is -0.119. The molecule has 0 aliphatic heterocycles. The molecule has 9 heteroatoms. The normalized spacial score (nSPS) is 10.2. The number of anilines is 1. The first kappa shape index (κ1) is 22.1. The lowest BCUT2D eigenvalue weighted by Crippen LogP contribution is -2.22. The molecular formula is C22H17N3O4S2. The van der Waals surface area contributed by atoms with E-state index in [1.807, 2.05) is 18.2 Å². The van der Waals surface area contributed by atoms with E-state index in [1.165, 1.54) is 17.8 Å². The fourth-order valence-corrected chi connectivity index (χ4v) is 4.37. The number of carbonyl (C=O) groups is 3. The molecule has 156 valence electrons. The molecule has 7 nitrogen and oxygen atoms in total. The minimum absolute atomic E-state index is 0.203. The molecule has 3 N–H and O–H groups in total. The molecule has 1 heterocycles. The summed E-state index contributed by atoms with van der Waals surface area (Å²) in [5.74, 6) is -1.24. The Morgan fingerprint density at radius 3 is 2.52 bits per heavy atom. The highest BCUT2D eigenvalue weighted by molar-refractivity contribution is 7.98. The third kappa shape index (κ3) is 5.94. The van der Waals surface area contributed by atoms with Gasteiger partial charge in [-0.05, 0) is 41.3 Å². The van der Waals surface area contributed by atoms with E-state index in [-0.39, 0.29) is 5.56 Å². The quantitative estimate of drug-likeness (QED) is 0.397. The summed E-state index contributed by atoms with van der Waals surface area (Å²) >= 11 is 2.60. The smallest absolute Gasteiger partial charge is 0.339 e. The molecule has 3 aromatic rings. The van der Waals surface area contributed by atoms with Crippen LogP contribution in [0.4, 0.5) is 5.00 Å².